The number of nitrogen functional groups attached to an aromatic ring is 1. The molecular weight excluding hydrogens is 832 g/mol. The SMILES string of the molecule is COc1ccc(C(OC[C@]23COC(C2OP(SCCSC(=O)c2ccccc2)N2CCCC2)[C@H](n2cnc4c(N)ncnc42)O3)(c2ccccc2)c2ccc(OC)cc2)cc1. The van der Waals surface area contributed by atoms with Crippen molar-refractivity contribution in [3.8, 4) is 11.5 Å². The summed E-state index contributed by atoms with van der Waals surface area (Å²) in [4.78, 5) is 26.3. The fraction of sp³-hybridized carbons (Fsp3) is 0.333. The number of hydrogen-bond acceptors (Lipinski definition) is 14. The largest absolute Gasteiger partial charge is 0.497 e. The molecule has 0 aliphatic carbocycles. The second-order valence-electron chi connectivity index (χ2n) is 15.0. The Bertz CT molecular complexity index is 2360. The van der Waals surface area contributed by atoms with Gasteiger partial charge in [-0.05, 0) is 53.8 Å². The average molecular weight is 879 g/mol. The van der Waals surface area contributed by atoms with E-state index in [1.807, 2.05) is 102 Å². The van der Waals surface area contributed by atoms with Gasteiger partial charge in [-0.3, -0.25) is 14.0 Å². The van der Waals surface area contributed by atoms with Crippen molar-refractivity contribution in [3.05, 3.63) is 144 Å². The smallest absolute Gasteiger partial charge is 0.219 e. The maximum atomic E-state index is 13.0. The van der Waals surface area contributed by atoms with Crippen molar-refractivity contribution in [3.63, 3.8) is 0 Å². The third kappa shape index (κ3) is 8.26. The van der Waals surface area contributed by atoms with Gasteiger partial charge in [-0.25, -0.2) is 15.0 Å². The Hall–Kier alpha value is -4.57. The van der Waals surface area contributed by atoms with Gasteiger partial charge in [-0.2, -0.15) is 0 Å². The van der Waals surface area contributed by atoms with Crippen LogP contribution in [-0.2, 0) is 24.3 Å². The van der Waals surface area contributed by atoms with Gasteiger partial charge in [0.25, 0.3) is 0 Å². The molecule has 3 saturated heterocycles. The zero-order valence-electron chi connectivity index (χ0n) is 33.9. The van der Waals surface area contributed by atoms with Crippen molar-refractivity contribution < 1.29 is 33.0 Å². The van der Waals surface area contributed by atoms with E-state index < -0.39 is 37.1 Å². The Morgan fingerprint density at radius 2 is 1.49 bits per heavy atom. The lowest BCUT2D eigenvalue weighted by Gasteiger charge is -2.40. The molecule has 3 aliphatic heterocycles. The van der Waals surface area contributed by atoms with Crippen molar-refractivity contribution in [2.45, 2.75) is 42.5 Å². The first kappa shape index (κ1) is 41.8. The van der Waals surface area contributed by atoms with E-state index in [0.717, 1.165) is 59.9 Å². The molecule has 3 aliphatic rings. The Morgan fingerprint density at radius 1 is 0.852 bits per heavy atom. The maximum absolute atomic E-state index is 13.0. The van der Waals surface area contributed by atoms with Gasteiger partial charge in [0.1, 0.15) is 46.8 Å². The average Bonchev–Trinajstić information content (AvgIpc) is 4.13. The molecule has 2 N–H and O–H groups in total. The summed E-state index contributed by atoms with van der Waals surface area (Å²) in [6.45, 7) is 2.18. The molecule has 6 aromatic rings. The third-order valence-electron chi connectivity index (χ3n) is 11.4. The number of anilines is 1. The fourth-order valence-corrected chi connectivity index (χ4v) is 13.6. The number of hydrogen-bond donors (Lipinski definition) is 1. The molecule has 2 bridgehead atoms. The lowest BCUT2D eigenvalue weighted by molar-refractivity contribution is -0.201. The van der Waals surface area contributed by atoms with E-state index >= 15 is 0 Å². The van der Waals surface area contributed by atoms with Gasteiger partial charge in [0.2, 0.25) is 5.12 Å². The Labute approximate surface area is 364 Å². The van der Waals surface area contributed by atoms with E-state index in [1.54, 1.807) is 31.9 Å². The lowest BCUT2D eigenvalue weighted by atomic mass is 9.79. The first-order valence-electron chi connectivity index (χ1n) is 20.2. The predicted octanol–water partition coefficient (Wildman–Crippen LogP) is 8.12. The second kappa shape index (κ2) is 18.4. The number of ether oxygens (including phenoxy) is 5. The van der Waals surface area contributed by atoms with Crippen LogP contribution >= 0.6 is 30.6 Å². The van der Waals surface area contributed by atoms with E-state index in [-0.39, 0.29) is 24.1 Å². The minimum atomic E-state index is -1.19. The normalized spacial score (nSPS) is 21.8. The highest BCUT2D eigenvalue weighted by Gasteiger charge is 2.65. The standard InChI is InChI=1S/C45H47N6O7PS2/c1-53-35-19-15-33(16-20-35)45(32-13-7-4-8-14-32,34-17-21-36(54-2)22-18-34)56-28-44-27-55-38(42(57-44)51-30-49-37-40(46)47-29-48-41(37)51)39(44)58-59(50-23-9-10-24-50)61-26-25-60-43(52)31-11-5-3-6-12-31/h3-8,11-22,29-30,38-39,42H,9-10,23-28H2,1-2H3,(H2,46,47,48)/t38?,39?,42-,44-,59?/m1/s1. The molecule has 3 unspecified atom stereocenters. The number of benzene rings is 4. The highest BCUT2D eigenvalue weighted by molar-refractivity contribution is 8.53. The van der Waals surface area contributed by atoms with Crippen LogP contribution < -0.4 is 15.2 Å². The van der Waals surface area contributed by atoms with Crippen LogP contribution in [0, 0.1) is 0 Å². The first-order valence-corrected chi connectivity index (χ1v) is 24.0. The summed E-state index contributed by atoms with van der Waals surface area (Å²) < 4.78 is 44.4. The quantitative estimate of drug-likeness (QED) is 0.0535. The monoisotopic (exact) mass is 878 g/mol. The van der Waals surface area contributed by atoms with Crippen molar-refractivity contribution in [1.82, 2.24) is 24.2 Å². The van der Waals surface area contributed by atoms with Gasteiger partial charge in [-0.1, -0.05) is 108 Å². The zero-order chi connectivity index (χ0) is 41.8. The number of fused-ring (bicyclic) bond motifs is 3. The van der Waals surface area contributed by atoms with E-state index in [1.165, 1.54) is 18.1 Å². The molecule has 5 atom stereocenters. The number of thioether (sulfide) groups is 1. The van der Waals surface area contributed by atoms with Gasteiger partial charge in [0.05, 0.1) is 33.8 Å². The molecule has 61 heavy (non-hydrogen) atoms. The summed E-state index contributed by atoms with van der Waals surface area (Å²) in [5.41, 5.74) is 8.52. The van der Waals surface area contributed by atoms with E-state index in [9.17, 15) is 4.79 Å². The minimum Gasteiger partial charge on any atom is -0.497 e. The Morgan fingerprint density at radius 3 is 2.15 bits per heavy atom. The minimum absolute atomic E-state index is 0.0647. The van der Waals surface area contributed by atoms with Crippen molar-refractivity contribution in [2.75, 3.05) is 57.8 Å². The van der Waals surface area contributed by atoms with Crippen LogP contribution in [0.5, 0.6) is 11.5 Å². The maximum Gasteiger partial charge on any atom is 0.219 e. The third-order valence-corrected chi connectivity index (χ3v) is 16.6. The van der Waals surface area contributed by atoms with Gasteiger partial charge in [-0.15, -0.1) is 0 Å². The number of carbonyl (C=O) groups excluding carboxylic acids is 1. The number of imidazole rings is 1. The molecule has 0 radical (unpaired) electrons. The fourth-order valence-electron chi connectivity index (χ4n) is 8.28. The second-order valence-corrected chi connectivity index (χ2v) is 19.7. The molecule has 9 rings (SSSR count). The number of aromatic nitrogens is 4. The summed E-state index contributed by atoms with van der Waals surface area (Å²) in [7, 11) is 2.13. The van der Waals surface area contributed by atoms with E-state index in [0.29, 0.717) is 22.5 Å². The van der Waals surface area contributed by atoms with Crippen molar-refractivity contribution >= 4 is 52.7 Å². The van der Waals surface area contributed by atoms with Crippen LogP contribution in [0.1, 0.15) is 46.1 Å². The molecule has 5 heterocycles. The number of carbonyl (C=O) groups is 1. The Kier molecular flexibility index (Phi) is 12.6. The summed E-state index contributed by atoms with van der Waals surface area (Å²) in [5.74, 6) is 3.12. The number of nitrogens with zero attached hydrogens (tertiary/aromatic N) is 5. The molecule has 4 aromatic carbocycles. The van der Waals surface area contributed by atoms with Gasteiger partial charge in [0.15, 0.2) is 25.2 Å². The summed E-state index contributed by atoms with van der Waals surface area (Å²) in [6.07, 6.45) is 3.55. The van der Waals surface area contributed by atoms with Gasteiger partial charge in [0, 0.05) is 30.2 Å². The molecule has 3 fully saturated rings. The molecule has 0 saturated carbocycles. The summed E-state index contributed by atoms with van der Waals surface area (Å²) >= 11 is 3.10. The highest BCUT2D eigenvalue weighted by atomic mass is 32.7. The molecule has 16 heteroatoms. The highest BCUT2D eigenvalue weighted by Crippen LogP contribution is 2.61. The van der Waals surface area contributed by atoms with Crippen LogP contribution in [0.4, 0.5) is 5.82 Å². The van der Waals surface area contributed by atoms with Crippen LogP contribution in [0.15, 0.2) is 122 Å². The van der Waals surface area contributed by atoms with E-state index in [4.69, 9.17) is 33.9 Å². The summed E-state index contributed by atoms with van der Waals surface area (Å²) in [6, 6.07) is 35.6. The van der Waals surface area contributed by atoms with Crippen molar-refractivity contribution in [2.24, 2.45) is 0 Å². The van der Waals surface area contributed by atoms with E-state index in [2.05, 4.69) is 31.8 Å². The predicted molar refractivity (Wildman–Crippen MR) is 239 cm³/mol. The molecular formula is C45H47N6O7PS2. The van der Waals surface area contributed by atoms with Gasteiger partial charge >= 0.3 is 0 Å². The lowest BCUT2D eigenvalue weighted by Crippen LogP contribution is -2.49. The molecule has 13 nitrogen and oxygen atoms in total. The first-order chi connectivity index (χ1) is 29.9. The zero-order valence-corrected chi connectivity index (χ0v) is 36.4. The molecule has 0 amide bonds. The number of rotatable bonds is 17. The number of methoxy groups -OCH3 is 2. The molecule has 0 spiro atoms. The van der Waals surface area contributed by atoms with Crippen LogP contribution in [0.2, 0.25) is 0 Å². The van der Waals surface area contributed by atoms with Crippen LogP contribution in [0.25, 0.3) is 11.2 Å². The number of nitrogens with two attached hydrogens (primary N) is 1. The summed E-state index contributed by atoms with van der Waals surface area (Å²) in [5, 5.41) is 0.0647. The molecule has 2 aromatic heterocycles. The van der Waals surface area contributed by atoms with Crippen LogP contribution in [-0.4, -0.2) is 99.1 Å². The van der Waals surface area contributed by atoms with Crippen LogP contribution in [0.3, 0.4) is 0 Å². The van der Waals surface area contributed by atoms with Crippen molar-refractivity contribution in [1.29, 1.82) is 0 Å². The topological polar surface area (TPSA) is 145 Å². The molecule has 316 valence electrons. The van der Waals surface area contributed by atoms with Gasteiger partial charge < -0.3 is 33.9 Å². The Balaban J connectivity index is 1.08.